The zero-order chi connectivity index (χ0) is 14.9. The quantitative estimate of drug-likeness (QED) is 0.882. The summed E-state index contributed by atoms with van der Waals surface area (Å²) >= 11 is 0. The fraction of sp³-hybridized carbons (Fsp3) is 0.412. The smallest absolute Gasteiger partial charge is 0.185 e. The van der Waals surface area contributed by atoms with Crippen LogP contribution in [-0.4, -0.2) is 35.9 Å². The Bertz CT molecular complexity index is 660. The van der Waals surface area contributed by atoms with Crippen LogP contribution in [0.5, 0.6) is 0 Å². The van der Waals surface area contributed by atoms with E-state index in [9.17, 15) is 4.79 Å². The molecule has 2 aromatic heterocycles. The van der Waals surface area contributed by atoms with E-state index >= 15 is 0 Å². The number of hydrazine groups is 1. The van der Waals surface area contributed by atoms with Gasteiger partial charge in [0.05, 0.1) is 0 Å². The van der Waals surface area contributed by atoms with Crippen LogP contribution in [0.25, 0.3) is 11.3 Å². The van der Waals surface area contributed by atoms with E-state index in [1.807, 2.05) is 18.2 Å². The molecule has 3 aliphatic rings. The molecule has 1 unspecified atom stereocenters. The lowest BCUT2D eigenvalue weighted by atomic mass is 9.80. The Kier molecular flexibility index (Phi) is 3.52. The van der Waals surface area contributed by atoms with Gasteiger partial charge in [-0.2, -0.15) is 0 Å². The second-order valence-electron chi connectivity index (χ2n) is 6.08. The molecule has 22 heavy (non-hydrogen) atoms. The largest absolute Gasteiger partial charge is 0.453 e. The number of fused-ring (bicyclic) bond motifs is 4. The molecule has 0 saturated carbocycles. The lowest BCUT2D eigenvalue weighted by Crippen LogP contribution is -2.39. The Balaban J connectivity index is 1.77. The molecule has 2 aromatic rings. The molecule has 0 aromatic carbocycles. The highest BCUT2D eigenvalue weighted by Crippen LogP contribution is 2.40. The van der Waals surface area contributed by atoms with Crippen molar-refractivity contribution in [1.29, 1.82) is 0 Å². The summed E-state index contributed by atoms with van der Waals surface area (Å²) in [6, 6.07) is 5.78. The molecule has 1 atom stereocenters. The van der Waals surface area contributed by atoms with Crippen LogP contribution < -0.4 is 5.43 Å². The van der Waals surface area contributed by atoms with E-state index in [0.29, 0.717) is 17.6 Å². The van der Waals surface area contributed by atoms with Gasteiger partial charge in [0.1, 0.15) is 5.76 Å². The Morgan fingerprint density at radius 2 is 2.05 bits per heavy atom. The summed E-state index contributed by atoms with van der Waals surface area (Å²) in [6.45, 7) is 3.11. The Morgan fingerprint density at radius 1 is 1.27 bits per heavy atom. The minimum absolute atomic E-state index is 0.383. The number of hydrogen-bond acceptors (Lipinski definition) is 5. The van der Waals surface area contributed by atoms with Crippen molar-refractivity contribution in [2.75, 3.05) is 19.6 Å². The lowest BCUT2D eigenvalue weighted by molar-refractivity contribution is 0.110. The van der Waals surface area contributed by atoms with Crippen molar-refractivity contribution in [3.63, 3.8) is 0 Å². The van der Waals surface area contributed by atoms with Crippen LogP contribution >= 0.6 is 0 Å². The molecule has 3 aliphatic heterocycles. The molecule has 3 fully saturated rings. The van der Waals surface area contributed by atoms with Crippen LogP contribution in [0.2, 0.25) is 0 Å². The van der Waals surface area contributed by atoms with Crippen LogP contribution in [0.4, 0.5) is 0 Å². The summed E-state index contributed by atoms with van der Waals surface area (Å²) in [7, 11) is 0. The highest BCUT2D eigenvalue weighted by Gasteiger charge is 2.34. The zero-order valence-electron chi connectivity index (χ0n) is 12.4. The maximum atomic E-state index is 11.2. The third-order valence-corrected chi connectivity index (χ3v) is 4.88. The summed E-state index contributed by atoms with van der Waals surface area (Å²) in [5, 5.41) is 2.31. The minimum atomic E-state index is 0.383. The fourth-order valence-corrected chi connectivity index (χ4v) is 3.71. The number of pyridine rings is 1. The predicted octanol–water partition coefficient (Wildman–Crippen LogP) is 2.47. The summed E-state index contributed by atoms with van der Waals surface area (Å²) in [4.78, 5) is 15.2. The van der Waals surface area contributed by atoms with Gasteiger partial charge in [0.2, 0.25) is 0 Å². The first kappa shape index (κ1) is 13.7. The van der Waals surface area contributed by atoms with E-state index in [2.05, 4.69) is 15.4 Å². The third kappa shape index (κ3) is 2.36. The van der Waals surface area contributed by atoms with Crippen molar-refractivity contribution in [2.45, 2.75) is 18.8 Å². The monoisotopic (exact) mass is 297 g/mol. The van der Waals surface area contributed by atoms with E-state index in [1.165, 1.54) is 12.8 Å². The summed E-state index contributed by atoms with van der Waals surface area (Å²) in [6.07, 6.45) is 6.68. The number of hydrogen-bond donors (Lipinski definition) is 1. The molecule has 114 valence electrons. The number of furan rings is 1. The molecule has 3 saturated heterocycles. The Labute approximate surface area is 129 Å². The molecule has 0 aliphatic carbocycles. The molecule has 0 radical (unpaired) electrons. The van der Waals surface area contributed by atoms with E-state index in [0.717, 1.165) is 42.8 Å². The number of aromatic nitrogens is 1. The van der Waals surface area contributed by atoms with Gasteiger partial charge >= 0.3 is 0 Å². The van der Waals surface area contributed by atoms with Gasteiger partial charge in [-0.3, -0.25) is 15.2 Å². The Morgan fingerprint density at radius 3 is 2.77 bits per heavy atom. The topological polar surface area (TPSA) is 58.4 Å². The Hall–Kier alpha value is -1.98. The van der Waals surface area contributed by atoms with Crippen LogP contribution in [0, 0.1) is 5.92 Å². The number of piperidine rings is 1. The van der Waals surface area contributed by atoms with E-state index in [4.69, 9.17) is 4.42 Å². The highest BCUT2D eigenvalue weighted by molar-refractivity contribution is 5.75. The molecule has 1 N–H and O–H groups in total. The number of carbonyl (C=O) groups is 1. The van der Waals surface area contributed by atoms with Gasteiger partial charge in [0, 0.05) is 49.1 Å². The second-order valence-corrected chi connectivity index (χ2v) is 6.08. The normalized spacial score (nSPS) is 27.5. The zero-order valence-corrected chi connectivity index (χ0v) is 12.4. The third-order valence-electron chi connectivity index (χ3n) is 4.88. The molecular formula is C17H19N3O2. The SMILES string of the molecule is O=Cc1cc(C2CNN3CCC2CC3)c(-c2ccncc2)o1. The first-order valence-electron chi connectivity index (χ1n) is 7.83. The van der Waals surface area contributed by atoms with E-state index in [-0.39, 0.29) is 0 Å². The average Bonchev–Trinajstić information content (AvgIpc) is 2.79. The van der Waals surface area contributed by atoms with Crippen LogP contribution in [0.3, 0.4) is 0 Å². The van der Waals surface area contributed by atoms with Crippen molar-refractivity contribution in [3.05, 3.63) is 41.9 Å². The number of aldehydes is 1. The van der Waals surface area contributed by atoms with Gasteiger partial charge in [-0.15, -0.1) is 0 Å². The number of nitrogens with zero attached hydrogens (tertiary/aromatic N) is 2. The summed E-state index contributed by atoms with van der Waals surface area (Å²) in [5.41, 5.74) is 5.65. The maximum absolute atomic E-state index is 11.2. The van der Waals surface area contributed by atoms with Gasteiger partial charge in [0.15, 0.2) is 12.0 Å². The van der Waals surface area contributed by atoms with Gasteiger partial charge in [-0.25, -0.2) is 5.01 Å². The van der Waals surface area contributed by atoms with Crippen LogP contribution in [-0.2, 0) is 0 Å². The molecule has 5 heterocycles. The van der Waals surface area contributed by atoms with Crippen LogP contribution in [0.15, 0.2) is 35.0 Å². The first-order chi connectivity index (χ1) is 10.8. The van der Waals surface area contributed by atoms with Crippen LogP contribution in [0.1, 0.15) is 34.9 Å². The molecule has 0 amide bonds. The molecule has 5 nitrogen and oxygen atoms in total. The number of nitrogens with one attached hydrogen (secondary N) is 1. The molecule has 2 bridgehead atoms. The van der Waals surface area contributed by atoms with Gasteiger partial charge in [-0.1, -0.05) is 0 Å². The molecule has 0 spiro atoms. The molecule has 5 heteroatoms. The fourth-order valence-electron chi connectivity index (χ4n) is 3.71. The minimum Gasteiger partial charge on any atom is -0.453 e. The average molecular weight is 297 g/mol. The molecule has 5 rings (SSSR count). The van der Waals surface area contributed by atoms with Gasteiger partial charge < -0.3 is 4.42 Å². The standard InChI is InChI=1S/C17H19N3O2/c21-11-14-9-15(17(22-14)13-1-5-18-6-2-13)16-10-19-20-7-3-12(16)4-8-20/h1-2,5-6,9,11-12,16,19H,3-4,7-8,10H2. The predicted molar refractivity (Wildman–Crippen MR) is 82.4 cm³/mol. The lowest BCUT2D eigenvalue weighted by Gasteiger charge is -2.28. The number of rotatable bonds is 3. The van der Waals surface area contributed by atoms with Crippen molar-refractivity contribution in [3.8, 4) is 11.3 Å². The molecular weight excluding hydrogens is 278 g/mol. The van der Waals surface area contributed by atoms with E-state index < -0.39 is 0 Å². The van der Waals surface area contributed by atoms with Crippen molar-refractivity contribution >= 4 is 6.29 Å². The highest BCUT2D eigenvalue weighted by atomic mass is 16.3. The summed E-state index contributed by atoms with van der Waals surface area (Å²) < 4.78 is 5.81. The van der Waals surface area contributed by atoms with Crippen molar-refractivity contribution in [1.82, 2.24) is 15.4 Å². The van der Waals surface area contributed by atoms with Crippen molar-refractivity contribution < 1.29 is 9.21 Å². The van der Waals surface area contributed by atoms with Gasteiger partial charge in [0.25, 0.3) is 0 Å². The van der Waals surface area contributed by atoms with E-state index in [1.54, 1.807) is 12.4 Å². The maximum Gasteiger partial charge on any atom is 0.185 e. The summed E-state index contributed by atoms with van der Waals surface area (Å²) in [5.74, 6) is 2.25. The van der Waals surface area contributed by atoms with Crippen molar-refractivity contribution in [2.24, 2.45) is 5.92 Å². The van der Waals surface area contributed by atoms with Gasteiger partial charge in [-0.05, 0) is 37.0 Å². The second kappa shape index (κ2) is 5.66. The number of carbonyl (C=O) groups excluding carboxylic acids is 1. The first-order valence-corrected chi connectivity index (χ1v) is 7.83.